The summed E-state index contributed by atoms with van der Waals surface area (Å²) in [5.41, 5.74) is 3.71. The fraction of sp³-hybridized carbons (Fsp3) is 0.318. The Labute approximate surface area is 164 Å². The maximum absolute atomic E-state index is 12.8. The molecule has 1 fully saturated rings. The number of hydrogen-bond acceptors (Lipinski definition) is 5. The van der Waals surface area contributed by atoms with Crippen molar-refractivity contribution in [2.45, 2.75) is 25.9 Å². The van der Waals surface area contributed by atoms with Crippen LogP contribution in [0.2, 0.25) is 0 Å². The lowest BCUT2D eigenvalue weighted by Gasteiger charge is -2.32. The van der Waals surface area contributed by atoms with Crippen LogP contribution in [-0.4, -0.2) is 47.3 Å². The third kappa shape index (κ3) is 3.82. The molecule has 0 spiro atoms. The van der Waals surface area contributed by atoms with Gasteiger partial charge in [0.05, 0.1) is 6.10 Å². The highest BCUT2D eigenvalue weighted by Crippen LogP contribution is 2.25. The van der Waals surface area contributed by atoms with Crippen molar-refractivity contribution in [3.63, 3.8) is 0 Å². The van der Waals surface area contributed by atoms with Gasteiger partial charge in [-0.3, -0.25) is 4.79 Å². The third-order valence-corrected chi connectivity index (χ3v) is 5.12. The average molecular weight is 377 g/mol. The number of rotatable bonds is 4. The van der Waals surface area contributed by atoms with Gasteiger partial charge in [0.2, 0.25) is 11.8 Å². The summed E-state index contributed by atoms with van der Waals surface area (Å²) in [5.74, 6) is 1.13. The molecule has 1 aliphatic heterocycles. The van der Waals surface area contributed by atoms with Crippen LogP contribution in [0.5, 0.6) is 0 Å². The second kappa shape index (κ2) is 7.94. The molecule has 6 heteroatoms. The molecular formula is C22H23N3O3. The highest BCUT2D eigenvalue weighted by molar-refractivity contribution is 5.94. The van der Waals surface area contributed by atoms with E-state index in [1.165, 1.54) is 0 Å². The molecule has 0 N–H and O–H groups in total. The number of carbonyl (C=O) groups is 1. The quantitative estimate of drug-likeness (QED) is 0.688. The third-order valence-electron chi connectivity index (χ3n) is 5.12. The lowest BCUT2D eigenvalue weighted by molar-refractivity contribution is 0.0269. The van der Waals surface area contributed by atoms with Gasteiger partial charge in [-0.1, -0.05) is 24.3 Å². The summed E-state index contributed by atoms with van der Waals surface area (Å²) in [6.07, 6.45) is 2.13. The molecule has 0 aliphatic carbocycles. The van der Waals surface area contributed by atoms with Crippen LogP contribution in [0.25, 0.3) is 22.6 Å². The number of ether oxygens (including phenoxy) is 1. The summed E-state index contributed by atoms with van der Waals surface area (Å²) >= 11 is 0. The molecule has 2 heterocycles. The first-order valence-electron chi connectivity index (χ1n) is 9.47. The largest absolute Gasteiger partial charge is 0.421 e. The number of aryl methyl sites for hydroxylation is 1. The van der Waals surface area contributed by atoms with E-state index in [0.717, 1.165) is 36.1 Å². The van der Waals surface area contributed by atoms with Crippen molar-refractivity contribution in [1.82, 2.24) is 15.1 Å². The molecule has 3 aromatic rings. The van der Waals surface area contributed by atoms with Gasteiger partial charge < -0.3 is 14.1 Å². The molecule has 4 rings (SSSR count). The average Bonchev–Trinajstić information content (AvgIpc) is 3.20. The Morgan fingerprint density at radius 3 is 2.29 bits per heavy atom. The van der Waals surface area contributed by atoms with E-state index < -0.39 is 0 Å². The van der Waals surface area contributed by atoms with E-state index in [1.807, 2.05) is 53.4 Å². The van der Waals surface area contributed by atoms with Crippen molar-refractivity contribution in [2.75, 3.05) is 20.2 Å². The van der Waals surface area contributed by atoms with E-state index in [2.05, 4.69) is 10.2 Å². The van der Waals surface area contributed by atoms with Gasteiger partial charge in [0.25, 0.3) is 5.91 Å². The maximum atomic E-state index is 12.8. The zero-order valence-corrected chi connectivity index (χ0v) is 16.1. The minimum absolute atomic E-state index is 0.0652. The van der Waals surface area contributed by atoms with Crippen LogP contribution in [0.4, 0.5) is 0 Å². The second-order valence-electron chi connectivity index (χ2n) is 7.03. The number of carbonyl (C=O) groups excluding carboxylic acids is 1. The molecule has 144 valence electrons. The smallest absolute Gasteiger partial charge is 0.253 e. The number of likely N-dealkylation sites (tertiary alicyclic amines) is 1. The molecule has 1 saturated heterocycles. The van der Waals surface area contributed by atoms with Gasteiger partial charge in [-0.15, -0.1) is 10.2 Å². The highest BCUT2D eigenvalue weighted by atomic mass is 16.5. The van der Waals surface area contributed by atoms with Gasteiger partial charge in [0.1, 0.15) is 0 Å². The van der Waals surface area contributed by atoms with Crippen molar-refractivity contribution in [2.24, 2.45) is 0 Å². The monoisotopic (exact) mass is 377 g/mol. The Morgan fingerprint density at radius 2 is 1.68 bits per heavy atom. The van der Waals surface area contributed by atoms with Crippen LogP contribution in [0.15, 0.2) is 52.9 Å². The van der Waals surface area contributed by atoms with E-state index in [1.54, 1.807) is 14.0 Å². The van der Waals surface area contributed by atoms with Gasteiger partial charge in [-0.25, -0.2) is 0 Å². The van der Waals surface area contributed by atoms with E-state index >= 15 is 0 Å². The first kappa shape index (κ1) is 18.4. The molecule has 2 aromatic carbocycles. The molecule has 0 bridgehead atoms. The maximum Gasteiger partial charge on any atom is 0.253 e. The van der Waals surface area contributed by atoms with Crippen molar-refractivity contribution < 1.29 is 13.9 Å². The minimum atomic E-state index is 0.0652. The minimum Gasteiger partial charge on any atom is -0.421 e. The molecule has 1 amide bonds. The van der Waals surface area contributed by atoms with Crippen molar-refractivity contribution >= 4 is 5.91 Å². The van der Waals surface area contributed by atoms with Gasteiger partial charge in [-0.05, 0) is 48.2 Å². The van der Waals surface area contributed by atoms with E-state index in [4.69, 9.17) is 9.15 Å². The first-order valence-corrected chi connectivity index (χ1v) is 9.47. The van der Waals surface area contributed by atoms with Crippen molar-refractivity contribution in [3.8, 4) is 22.6 Å². The predicted molar refractivity (Wildman–Crippen MR) is 106 cm³/mol. The summed E-state index contributed by atoms with van der Waals surface area (Å²) < 4.78 is 10.9. The summed E-state index contributed by atoms with van der Waals surface area (Å²) in [6, 6.07) is 15.7. The van der Waals surface area contributed by atoms with Crippen molar-refractivity contribution in [3.05, 3.63) is 60.0 Å². The Bertz CT molecular complexity index is 948. The van der Waals surface area contributed by atoms with Crippen LogP contribution in [-0.2, 0) is 4.74 Å². The number of methoxy groups -OCH3 is 1. The van der Waals surface area contributed by atoms with Gasteiger partial charge in [0, 0.05) is 38.2 Å². The van der Waals surface area contributed by atoms with Crippen LogP contribution < -0.4 is 0 Å². The summed E-state index contributed by atoms with van der Waals surface area (Å²) in [6.45, 7) is 3.22. The zero-order valence-electron chi connectivity index (χ0n) is 16.1. The van der Waals surface area contributed by atoms with Crippen molar-refractivity contribution in [1.29, 1.82) is 0 Å². The molecule has 1 aromatic heterocycles. The molecule has 6 nitrogen and oxygen atoms in total. The number of aromatic nitrogens is 2. The standard InChI is InChI=1S/C22H23N3O3/c1-15-23-24-21(28-15)18-9-5-16(6-10-18)17-7-11-19(12-8-17)22(26)25-13-3-4-20(14-25)27-2/h5-12,20H,3-4,13-14H2,1-2H3. The fourth-order valence-electron chi connectivity index (χ4n) is 3.52. The topological polar surface area (TPSA) is 68.5 Å². The number of hydrogen-bond donors (Lipinski definition) is 0. The van der Waals surface area contributed by atoms with Crippen LogP contribution in [0, 0.1) is 6.92 Å². The molecule has 1 atom stereocenters. The SMILES string of the molecule is COC1CCCN(C(=O)c2ccc(-c3ccc(-c4nnc(C)o4)cc3)cc2)C1. The molecule has 1 aliphatic rings. The molecular weight excluding hydrogens is 354 g/mol. The van der Waals surface area contributed by atoms with E-state index in [0.29, 0.717) is 23.9 Å². The Balaban J connectivity index is 1.47. The lowest BCUT2D eigenvalue weighted by Crippen LogP contribution is -2.42. The summed E-state index contributed by atoms with van der Waals surface area (Å²) in [7, 11) is 1.71. The normalized spacial score (nSPS) is 16.9. The molecule has 0 radical (unpaired) electrons. The van der Waals surface area contributed by atoms with E-state index in [9.17, 15) is 4.79 Å². The Morgan fingerprint density at radius 1 is 1.04 bits per heavy atom. The van der Waals surface area contributed by atoms with Crippen LogP contribution >= 0.6 is 0 Å². The van der Waals surface area contributed by atoms with Gasteiger partial charge in [0.15, 0.2) is 0 Å². The summed E-state index contributed by atoms with van der Waals surface area (Å²) in [5, 5.41) is 7.90. The van der Waals surface area contributed by atoms with Gasteiger partial charge >= 0.3 is 0 Å². The second-order valence-corrected chi connectivity index (χ2v) is 7.03. The predicted octanol–water partition coefficient (Wildman–Crippen LogP) is 3.96. The Hall–Kier alpha value is -2.99. The number of amides is 1. The number of benzene rings is 2. The molecule has 28 heavy (non-hydrogen) atoms. The van der Waals surface area contributed by atoms with Gasteiger partial charge in [-0.2, -0.15) is 0 Å². The molecule has 1 unspecified atom stereocenters. The first-order chi connectivity index (χ1) is 13.6. The number of nitrogens with zero attached hydrogens (tertiary/aromatic N) is 3. The fourth-order valence-corrected chi connectivity index (χ4v) is 3.52. The highest BCUT2D eigenvalue weighted by Gasteiger charge is 2.24. The molecule has 0 saturated carbocycles. The lowest BCUT2D eigenvalue weighted by atomic mass is 10.0. The zero-order chi connectivity index (χ0) is 19.5. The van der Waals surface area contributed by atoms with Crippen LogP contribution in [0.3, 0.4) is 0 Å². The van der Waals surface area contributed by atoms with E-state index in [-0.39, 0.29) is 12.0 Å². The van der Waals surface area contributed by atoms with Crippen LogP contribution in [0.1, 0.15) is 29.1 Å². The Kier molecular flexibility index (Phi) is 5.21. The summed E-state index contributed by atoms with van der Waals surface area (Å²) in [4.78, 5) is 14.6. The number of piperidine rings is 1.